The standard InChI is InChI=1S/C18H23NO2/c1-13-7-9-16(5-4-10-20)17(11-13)18(21)19-12-14(2)6-8-15(19)3/h7,9,11,14-15,20H,6,8,10,12H2,1-3H3. The van der Waals surface area contributed by atoms with Crippen molar-refractivity contribution in [3.8, 4) is 11.8 Å². The Morgan fingerprint density at radius 3 is 2.86 bits per heavy atom. The van der Waals surface area contributed by atoms with Gasteiger partial charge in [0.1, 0.15) is 6.61 Å². The topological polar surface area (TPSA) is 40.5 Å². The molecule has 0 bridgehead atoms. The monoisotopic (exact) mass is 285 g/mol. The van der Waals surface area contributed by atoms with Gasteiger partial charge in [0.05, 0.1) is 5.56 Å². The molecular weight excluding hydrogens is 262 g/mol. The average molecular weight is 285 g/mol. The zero-order valence-electron chi connectivity index (χ0n) is 13.0. The maximum atomic E-state index is 12.9. The summed E-state index contributed by atoms with van der Waals surface area (Å²) in [5.41, 5.74) is 2.40. The van der Waals surface area contributed by atoms with Crippen LogP contribution in [0.15, 0.2) is 18.2 Å². The van der Waals surface area contributed by atoms with Gasteiger partial charge in [-0.05, 0) is 44.7 Å². The van der Waals surface area contributed by atoms with Crippen molar-refractivity contribution in [3.63, 3.8) is 0 Å². The van der Waals surface area contributed by atoms with Crippen LogP contribution in [0, 0.1) is 24.7 Å². The van der Waals surface area contributed by atoms with Gasteiger partial charge < -0.3 is 10.0 Å². The molecule has 0 aromatic heterocycles. The van der Waals surface area contributed by atoms with E-state index in [2.05, 4.69) is 25.7 Å². The molecule has 3 heteroatoms. The zero-order valence-corrected chi connectivity index (χ0v) is 13.0. The maximum Gasteiger partial charge on any atom is 0.255 e. The molecule has 1 aromatic carbocycles. The Bertz CT molecular complexity index is 583. The van der Waals surface area contributed by atoms with Crippen molar-refractivity contribution in [2.75, 3.05) is 13.2 Å². The molecule has 1 N–H and O–H groups in total. The number of likely N-dealkylation sites (tertiary alicyclic amines) is 1. The lowest BCUT2D eigenvalue weighted by Gasteiger charge is -2.37. The largest absolute Gasteiger partial charge is 0.384 e. The SMILES string of the molecule is Cc1ccc(C#CCO)c(C(=O)N2CC(C)CCC2C)c1. The van der Waals surface area contributed by atoms with Crippen LogP contribution in [-0.4, -0.2) is 35.1 Å². The lowest BCUT2D eigenvalue weighted by atomic mass is 9.93. The third-order valence-electron chi connectivity index (χ3n) is 4.09. The van der Waals surface area contributed by atoms with Crippen LogP contribution in [0.1, 0.15) is 48.2 Å². The van der Waals surface area contributed by atoms with E-state index < -0.39 is 0 Å². The second-order valence-corrected chi connectivity index (χ2v) is 6.00. The molecule has 1 saturated heterocycles. The molecule has 2 atom stereocenters. The molecule has 1 fully saturated rings. The lowest BCUT2D eigenvalue weighted by molar-refractivity contribution is 0.0573. The first-order chi connectivity index (χ1) is 10.0. The molecule has 0 radical (unpaired) electrons. The van der Waals surface area contributed by atoms with Crippen LogP contribution in [0.5, 0.6) is 0 Å². The second kappa shape index (κ2) is 6.78. The Morgan fingerprint density at radius 2 is 2.14 bits per heavy atom. The summed E-state index contributed by atoms with van der Waals surface area (Å²) in [6.45, 7) is 6.88. The Hall–Kier alpha value is -1.79. The van der Waals surface area contributed by atoms with Gasteiger partial charge in [0.15, 0.2) is 0 Å². The minimum Gasteiger partial charge on any atom is -0.384 e. The van der Waals surface area contributed by atoms with Gasteiger partial charge in [-0.25, -0.2) is 0 Å². The van der Waals surface area contributed by atoms with Crippen LogP contribution in [0.25, 0.3) is 0 Å². The Morgan fingerprint density at radius 1 is 1.38 bits per heavy atom. The molecular formula is C18H23NO2. The molecule has 1 aliphatic heterocycles. The van der Waals surface area contributed by atoms with Gasteiger partial charge in [-0.2, -0.15) is 0 Å². The van der Waals surface area contributed by atoms with E-state index in [1.54, 1.807) is 0 Å². The first-order valence-corrected chi connectivity index (χ1v) is 7.54. The van der Waals surface area contributed by atoms with Crippen molar-refractivity contribution in [1.29, 1.82) is 0 Å². The van der Waals surface area contributed by atoms with Crippen LogP contribution >= 0.6 is 0 Å². The van der Waals surface area contributed by atoms with Crippen molar-refractivity contribution in [2.24, 2.45) is 5.92 Å². The number of rotatable bonds is 1. The fraction of sp³-hybridized carbons (Fsp3) is 0.500. The van der Waals surface area contributed by atoms with E-state index in [0.29, 0.717) is 17.0 Å². The van der Waals surface area contributed by atoms with E-state index in [4.69, 9.17) is 5.11 Å². The molecule has 0 saturated carbocycles. The molecule has 1 amide bonds. The van der Waals surface area contributed by atoms with E-state index >= 15 is 0 Å². The fourth-order valence-electron chi connectivity index (χ4n) is 2.81. The van der Waals surface area contributed by atoms with Crippen LogP contribution in [0.3, 0.4) is 0 Å². The van der Waals surface area contributed by atoms with Gasteiger partial charge >= 0.3 is 0 Å². The molecule has 112 valence electrons. The summed E-state index contributed by atoms with van der Waals surface area (Å²) in [5, 5.41) is 8.87. The van der Waals surface area contributed by atoms with Gasteiger partial charge in [0, 0.05) is 18.2 Å². The number of benzene rings is 1. The van der Waals surface area contributed by atoms with Crippen LogP contribution in [0.4, 0.5) is 0 Å². The molecule has 2 unspecified atom stereocenters. The Labute approximate surface area is 127 Å². The Balaban J connectivity index is 2.35. The summed E-state index contributed by atoms with van der Waals surface area (Å²) >= 11 is 0. The number of hydrogen-bond donors (Lipinski definition) is 1. The maximum absolute atomic E-state index is 12.9. The molecule has 1 aromatic rings. The highest BCUT2D eigenvalue weighted by Gasteiger charge is 2.28. The third kappa shape index (κ3) is 3.65. The van der Waals surface area contributed by atoms with Crippen LogP contribution in [0.2, 0.25) is 0 Å². The number of carbonyl (C=O) groups excluding carboxylic acids is 1. The van der Waals surface area contributed by atoms with E-state index in [9.17, 15) is 4.79 Å². The van der Waals surface area contributed by atoms with E-state index in [-0.39, 0.29) is 18.6 Å². The lowest BCUT2D eigenvalue weighted by Crippen LogP contribution is -2.45. The van der Waals surface area contributed by atoms with Crippen molar-refractivity contribution < 1.29 is 9.90 Å². The number of nitrogens with zero attached hydrogens (tertiary/aromatic N) is 1. The molecule has 0 spiro atoms. The van der Waals surface area contributed by atoms with Crippen LogP contribution < -0.4 is 0 Å². The summed E-state index contributed by atoms with van der Waals surface area (Å²) in [7, 11) is 0. The highest BCUT2D eigenvalue weighted by atomic mass is 16.2. The predicted octanol–water partition coefficient (Wildman–Crippen LogP) is 2.60. The number of aliphatic hydroxyl groups is 1. The second-order valence-electron chi connectivity index (χ2n) is 6.00. The molecule has 2 rings (SSSR count). The summed E-state index contributed by atoms with van der Waals surface area (Å²) in [5.74, 6) is 6.12. The molecule has 3 nitrogen and oxygen atoms in total. The van der Waals surface area contributed by atoms with E-state index in [1.807, 2.05) is 30.0 Å². The smallest absolute Gasteiger partial charge is 0.255 e. The number of amides is 1. The summed E-state index contributed by atoms with van der Waals surface area (Å²) < 4.78 is 0. The van der Waals surface area contributed by atoms with Gasteiger partial charge in [0.2, 0.25) is 0 Å². The van der Waals surface area contributed by atoms with E-state index in [1.165, 1.54) is 6.42 Å². The van der Waals surface area contributed by atoms with Gasteiger partial charge in [0.25, 0.3) is 5.91 Å². The van der Waals surface area contributed by atoms with E-state index in [0.717, 1.165) is 18.5 Å². The first-order valence-electron chi connectivity index (χ1n) is 7.54. The molecule has 0 aliphatic carbocycles. The Kier molecular flexibility index (Phi) is 5.03. The molecule has 1 aliphatic rings. The molecule has 21 heavy (non-hydrogen) atoms. The van der Waals surface area contributed by atoms with Gasteiger partial charge in [-0.1, -0.05) is 30.4 Å². The fourth-order valence-corrected chi connectivity index (χ4v) is 2.81. The highest BCUT2D eigenvalue weighted by molar-refractivity contribution is 5.97. The number of aliphatic hydroxyl groups excluding tert-OH is 1. The number of aryl methyl sites for hydroxylation is 1. The number of hydrogen-bond acceptors (Lipinski definition) is 2. The minimum atomic E-state index is -0.196. The summed E-state index contributed by atoms with van der Waals surface area (Å²) in [6.07, 6.45) is 2.23. The minimum absolute atomic E-state index is 0.0555. The normalized spacial score (nSPS) is 21.6. The van der Waals surface area contributed by atoms with Crippen molar-refractivity contribution in [2.45, 2.75) is 39.7 Å². The number of piperidine rings is 1. The summed E-state index contributed by atoms with van der Waals surface area (Å²) in [6, 6.07) is 5.98. The van der Waals surface area contributed by atoms with Gasteiger partial charge in [-0.3, -0.25) is 4.79 Å². The highest BCUT2D eigenvalue weighted by Crippen LogP contribution is 2.24. The van der Waals surface area contributed by atoms with Gasteiger partial charge in [-0.15, -0.1) is 0 Å². The third-order valence-corrected chi connectivity index (χ3v) is 4.09. The van der Waals surface area contributed by atoms with Crippen LogP contribution in [-0.2, 0) is 0 Å². The zero-order chi connectivity index (χ0) is 15.4. The quantitative estimate of drug-likeness (QED) is 0.806. The molecule has 1 heterocycles. The predicted molar refractivity (Wildman–Crippen MR) is 84.0 cm³/mol. The average Bonchev–Trinajstić information content (AvgIpc) is 2.47. The number of carbonyl (C=O) groups is 1. The van der Waals surface area contributed by atoms with Crippen molar-refractivity contribution >= 4 is 5.91 Å². The summed E-state index contributed by atoms with van der Waals surface area (Å²) in [4.78, 5) is 14.9. The van der Waals surface area contributed by atoms with Crippen molar-refractivity contribution in [3.05, 3.63) is 34.9 Å². The first kappa shape index (κ1) is 15.6. The van der Waals surface area contributed by atoms with Crippen molar-refractivity contribution in [1.82, 2.24) is 4.90 Å².